The molecule has 26 heavy (non-hydrogen) atoms. The van der Waals surface area contributed by atoms with E-state index in [-0.39, 0.29) is 18.3 Å². The zero-order chi connectivity index (χ0) is 19.3. The van der Waals surface area contributed by atoms with Crippen molar-refractivity contribution in [3.05, 3.63) is 45.8 Å². The van der Waals surface area contributed by atoms with Crippen LogP contribution in [0.2, 0.25) is 0 Å². The third kappa shape index (κ3) is 4.82. The molecule has 0 bridgehead atoms. The minimum atomic E-state index is -0.957. The van der Waals surface area contributed by atoms with E-state index in [0.717, 1.165) is 34.3 Å². The van der Waals surface area contributed by atoms with Crippen LogP contribution in [0.25, 0.3) is 0 Å². The average molecular weight is 399 g/mol. The first kappa shape index (κ1) is 20.4. The summed E-state index contributed by atoms with van der Waals surface area (Å²) in [6.07, 6.45) is 0.649. The molecular formula is C18H19F2NO3S2. The van der Waals surface area contributed by atoms with Gasteiger partial charge in [0.2, 0.25) is 5.91 Å². The molecule has 1 aromatic heterocycles. The third-order valence-corrected chi connectivity index (χ3v) is 5.61. The Labute approximate surface area is 158 Å². The summed E-state index contributed by atoms with van der Waals surface area (Å²) in [6, 6.07) is 3.47. The first-order valence-corrected chi connectivity index (χ1v) is 9.84. The van der Waals surface area contributed by atoms with Crippen LogP contribution in [0.5, 0.6) is 0 Å². The quantitative estimate of drug-likeness (QED) is 0.537. The molecule has 1 N–H and O–H groups in total. The fourth-order valence-corrected chi connectivity index (χ4v) is 4.26. The van der Waals surface area contributed by atoms with E-state index in [9.17, 15) is 18.4 Å². The predicted molar refractivity (Wildman–Crippen MR) is 100 cm³/mol. The van der Waals surface area contributed by atoms with Gasteiger partial charge in [0.15, 0.2) is 11.6 Å². The van der Waals surface area contributed by atoms with Gasteiger partial charge in [-0.25, -0.2) is 13.6 Å². The molecule has 0 saturated heterocycles. The lowest BCUT2D eigenvalue weighted by Gasteiger charge is -2.08. The van der Waals surface area contributed by atoms with Gasteiger partial charge in [0.25, 0.3) is 0 Å². The Bertz CT molecular complexity index is 821. The van der Waals surface area contributed by atoms with Crippen LogP contribution in [0.3, 0.4) is 0 Å². The molecule has 0 unspecified atom stereocenters. The van der Waals surface area contributed by atoms with Gasteiger partial charge in [-0.2, -0.15) is 0 Å². The summed E-state index contributed by atoms with van der Waals surface area (Å²) >= 11 is 2.40. The maximum absolute atomic E-state index is 13.2. The summed E-state index contributed by atoms with van der Waals surface area (Å²) in [5.74, 6) is -2.68. The second kappa shape index (κ2) is 9.14. The number of ether oxygens (including phenoxy) is 1. The second-order valence-corrected chi connectivity index (χ2v) is 7.60. The number of carbonyl (C=O) groups excluding carboxylic acids is 2. The predicted octanol–water partition coefficient (Wildman–Crippen LogP) is 4.80. The van der Waals surface area contributed by atoms with E-state index in [0.29, 0.717) is 21.9 Å². The number of thioether (sulfide) groups is 1. The highest BCUT2D eigenvalue weighted by atomic mass is 32.2. The van der Waals surface area contributed by atoms with E-state index >= 15 is 0 Å². The molecule has 0 atom stereocenters. The molecule has 0 aliphatic heterocycles. The summed E-state index contributed by atoms with van der Waals surface area (Å²) in [5.41, 5.74) is 1.25. The van der Waals surface area contributed by atoms with Crippen molar-refractivity contribution in [2.45, 2.75) is 32.1 Å². The van der Waals surface area contributed by atoms with Crippen molar-refractivity contribution in [1.29, 1.82) is 0 Å². The lowest BCUT2D eigenvalue weighted by atomic mass is 10.1. The summed E-state index contributed by atoms with van der Waals surface area (Å²) < 4.78 is 31.2. The Balaban J connectivity index is 2.10. The molecule has 4 nitrogen and oxygen atoms in total. The summed E-state index contributed by atoms with van der Waals surface area (Å²) in [4.78, 5) is 25.9. The van der Waals surface area contributed by atoms with Crippen LogP contribution < -0.4 is 5.32 Å². The van der Waals surface area contributed by atoms with Crippen LogP contribution in [0.1, 0.15) is 34.6 Å². The minimum Gasteiger partial charge on any atom is -0.462 e. The third-order valence-electron chi connectivity index (χ3n) is 3.56. The molecule has 0 aliphatic rings. The highest BCUT2D eigenvalue weighted by molar-refractivity contribution is 8.00. The zero-order valence-electron chi connectivity index (χ0n) is 14.7. The van der Waals surface area contributed by atoms with Crippen LogP contribution >= 0.6 is 23.1 Å². The number of hydrogen-bond acceptors (Lipinski definition) is 5. The largest absolute Gasteiger partial charge is 0.462 e. The van der Waals surface area contributed by atoms with Crippen LogP contribution in [0.15, 0.2) is 23.1 Å². The molecule has 1 heterocycles. The second-order valence-electron chi connectivity index (χ2n) is 5.33. The Morgan fingerprint density at radius 2 is 1.96 bits per heavy atom. The standard InChI is InChI=1S/C18H19F2NO3S2/c1-4-12-10(3)26-17(16(12)18(23)24-5-2)21-15(22)9-25-11-6-7-13(19)14(20)8-11/h6-8H,4-5,9H2,1-3H3,(H,21,22). The van der Waals surface area contributed by atoms with E-state index in [1.807, 2.05) is 13.8 Å². The van der Waals surface area contributed by atoms with Crippen molar-refractivity contribution >= 4 is 40.0 Å². The van der Waals surface area contributed by atoms with Crippen molar-refractivity contribution in [3.63, 3.8) is 0 Å². The van der Waals surface area contributed by atoms with Gasteiger partial charge >= 0.3 is 5.97 Å². The Morgan fingerprint density at radius 1 is 1.23 bits per heavy atom. The van der Waals surface area contributed by atoms with Gasteiger partial charge in [-0.05, 0) is 44.0 Å². The number of hydrogen-bond donors (Lipinski definition) is 1. The van der Waals surface area contributed by atoms with Crippen molar-refractivity contribution in [1.82, 2.24) is 0 Å². The molecule has 0 saturated carbocycles. The summed E-state index contributed by atoms with van der Waals surface area (Å²) in [5, 5.41) is 3.18. The number of nitrogens with one attached hydrogen (secondary N) is 1. The normalized spacial score (nSPS) is 10.7. The minimum absolute atomic E-state index is 0.00570. The SMILES string of the molecule is CCOC(=O)c1c(NC(=O)CSc2ccc(F)c(F)c2)sc(C)c1CC. The Hall–Kier alpha value is -1.93. The van der Waals surface area contributed by atoms with Crippen molar-refractivity contribution < 1.29 is 23.1 Å². The van der Waals surface area contributed by atoms with Crippen molar-refractivity contribution in [2.75, 3.05) is 17.7 Å². The molecular weight excluding hydrogens is 380 g/mol. The fourth-order valence-electron chi connectivity index (χ4n) is 2.39. The van der Waals surface area contributed by atoms with Gasteiger partial charge in [-0.1, -0.05) is 6.92 Å². The summed E-state index contributed by atoms with van der Waals surface area (Å²) in [7, 11) is 0. The van der Waals surface area contributed by atoms with Crippen LogP contribution in [-0.4, -0.2) is 24.2 Å². The van der Waals surface area contributed by atoms with Gasteiger partial charge < -0.3 is 10.1 Å². The van der Waals surface area contributed by atoms with E-state index in [1.165, 1.54) is 17.4 Å². The lowest BCUT2D eigenvalue weighted by Crippen LogP contribution is -2.16. The van der Waals surface area contributed by atoms with E-state index in [2.05, 4.69) is 5.32 Å². The molecule has 2 rings (SSSR count). The number of carbonyl (C=O) groups is 2. The number of anilines is 1. The highest BCUT2D eigenvalue weighted by Gasteiger charge is 2.23. The van der Waals surface area contributed by atoms with E-state index in [4.69, 9.17) is 4.74 Å². The smallest absolute Gasteiger partial charge is 0.341 e. The number of amides is 1. The Morgan fingerprint density at radius 3 is 2.58 bits per heavy atom. The number of benzene rings is 1. The molecule has 140 valence electrons. The number of rotatable bonds is 7. The molecule has 0 radical (unpaired) electrons. The Kier molecular flexibility index (Phi) is 7.16. The number of esters is 1. The average Bonchev–Trinajstić information content (AvgIpc) is 2.91. The molecule has 1 amide bonds. The van der Waals surface area contributed by atoms with Crippen LogP contribution in [0, 0.1) is 18.6 Å². The maximum Gasteiger partial charge on any atom is 0.341 e. The monoisotopic (exact) mass is 399 g/mol. The fraction of sp³-hybridized carbons (Fsp3) is 0.333. The van der Waals surface area contributed by atoms with Crippen LogP contribution in [-0.2, 0) is 16.0 Å². The summed E-state index contributed by atoms with van der Waals surface area (Å²) in [6.45, 7) is 5.79. The lowest BCUT2D eigenvalue weighted by molar-refractivity contribution is -0.113. The highest BCUT2D eigenvalue weighted by Crippen LogP contribution is 2.34. The first-order valence-electron chi connectivity index (χ1n) is 8.04. The maximum atomic E-state index is 13.2. The van der Waals surface area contributed by atoms with Gasteiger partial charge in [-0.15, -0.1) is 23.1 Å². The van der Waals surface area contributed by atoms with Crippen molar-refractivity contribution in [3.8, 4) is 0 Å². The number of thiophene rings is 1. The van der Waals surface area contributed by atoms with Gasteiger partial charge in [0.1, 0.15) is 5.00 Å². The molecule has 0 spiro atoms. The van der Waals surface area contributed by atoms with E-state index in [1.54, 1.807) is 6.92 Å². The first-order chi connectivity index (χ1) is 12.4. The van der Waals surface area contributed by atoms with Gasteiger partial charge in [-0.3, -0.25) is 4.79 Å². The van der Waals surface area contributed by atoms with Gasteiger partial charge in [0.05, 0.1) is 17.9 Å². The number of aryl methyl sites for hydroxylation is 1. The topological polar surface area (TPSA) is 55.4 Å². The zero-order valence-corrected chi connectivity index (χ0v) is 16.3. The molecule has 2 aromatic rings. The van der Waals surface area contributed by atoms with Gasteiger partial charge in [0, 0.05) is 9.77 Å². The molecule has 0 fully saturated rings. The van der Waals surface area contributed by atoms with Crippen molar-refractivity contribution in [2.24, 2.45) is 0 Å². The van der Waals surface area contributed by atoms with Crippen LogP contribution in [0.4, 0.5) is 13.8 Å². The molecule has 1 aromatic carbocycles. The number of halogens is 2. The molecule has 8 heteroatoms. The molecule has 0 aliphatic carbocycles. The van der Waals surface area contributed by atoms with E-state index < -0.39 is 17.6 Å².